The van der Waals surface area contributed by atoms with Gasteiger partial charge >= 0.3 is 0 Å². The number of piperazine rings is 2. The number of nitrogens with two attached hydrogens (primary N) is 1. The van der Waals surface area contributed by atoms with Crippen molar-refractivity contribution < 1.29 is 0 Å². The minimum absolute atomic E-state index is 0.545. The molecule has 0 atom stereocenters. The first kappa shape index (κ1) is 23.9. The second-order valence-corrected chi connectivity index (χ2v) is 8.76. The van der Waals surface area contributed by atoms with Crippen LogP contribution in [0, 0.1) is 6.92 Å². The van der Waals surface area contributed by atoms with Gasteiger partial charge in [0.15, 0.2) is 5.96 Å². The maximum absolute atomic E-state index is 6.02. The molecule has 2 N–H and O–H groups in total. The molecular formula is C26H40N6. The summed E-state index contributed by atoms with van der Waals surface area (Å²) < 4.78 is 0. The Kier molecular flexibility index (Phi) is 8.39. The van der Waals surface area contributed by atoms with Gasteiger partial charge in [-0.25, -0.2) is 4.99 Å². The van der Waals surface area contributed by atoms with Crippen molar-refractivity contribution in [3.8, 4) is 0 Å². The fraction of sp³-hybridized carbons (Fsp3) is 0.500. The van der Waals surface area contributed by atoms with E-state index >= 15 is 0 Å². The van der Waals surface area contributed by atoms with Crippen molar-refractivity contribution in [1.29, 1.82) is 0 Å². The van der Waals surface area contributed by atoms with Gasteiger partial charge in [0, 0.05) is 82.1 Å². The minimum atomic E-state index is 0.545. The molecule has 2 heterocycles. The first-order chi connectivity index (χ1) is 15.4. The lowest BCUT2D eigenvalue weighted by atomic mass is 10.0. The van der Waals surface area contributed by atoms with E-state index in [0.717, 1.165) is 71.0 Å². The van der Waals surface area contributed by atoms with Gasteiger partial charge < -0.3 is 20.4 Å². The van der Waals surface area contributed by atoms with Gasteiger partial charge in [0.05, 0.1) is 0 Å². The molecule has 6 heteroatoms. The average Bonchev–Trinajstić information content (AvgIpc) is 2.81. The van der Waals surface area contributed by atoms with Crippen molar-refractivity contribution >= 4 is 11.7 Å². The number of benzene rings is 1. The number of hydrogen-bond acceptors (Lipinski definition) is 4. The van der Waals surface area contributed by atoms with E-state index < -0.39 is 0 Å². The molecule has 0 radical (unpaired) electrons. The number of guanidine groups is 1. The SMILES string of the molecule is C=CN=C(N)N1CCN(C(=C)c2cc(CN3CCN(/C(C)=C/CC)CC3)ccc2C)CC1. The van der Waals surface area contributed by atoms with Crippen LogP contribution in [0.3, 0.4) is 0 Å². The van der Waals surface area contributed by atoms with Crippen LogP contribution in [0.2, 0.25) is 0 Å². The van der Waals surface area contributed by atoms with E-state index in [9.17, 15) is 0 Å². The summed E-state index contributed by atoms with van der Waals surface area (Å²) in [5.41, 5.74) is 12.4. The zero-order valence-corrected chi connectivity index (χ0v) is 20.2. The molecule has 2 aliphatic heterocycles. The summed E-state index contributed by atoms with van der Waals surface area (Å²) in [6.45, 7) is 23.6. The molecule has 2 fully saturated rings. The number of nitrogens with zero attached hydrogens (tertiary/aromatic N) is 5. The first-order valence-corrected chi connectivity index (χ1v) is 11.8. The molecule has 174 valence electrons. The Bertz CT molecular complexity index is 855. The van der Waals surface area contributed by atoms with Crippen molar-refractivity contribution in [3.63, 3.8) is 0 Å². The van der Waals surface area contributed by atoms with Crippen LogP contribution >= 0.6 is 0 Å². The van der Waals surface area contributed by atoms with Crippen LogP contribution in [0.4, 0.5) is 0 Å². The summed E-state index contributed by atoms with van der Waals surface area (Å²) in [4.78, 5) is 13.7. The van der Waals surface area contributed by atoms with Crippen LogP contribution < -0.4 is 5.73 Å². The van der Waals surface area contributed by atoms with Gasteiger partial charge in [0.2, 0.25) is 0 Å². The normalized spacial score (nSPS) is 18.8. The Morgan fingerprint density at radius 3 is 2.28 bits per heavy atom. The fourth-order valence-electron chi connectivity index (χ4n) is 4.57. The smallest absolute Gasteiger partial charge is 0.195 e. The largest absolute Gasteiger partial charge is 0.373 e. The lowest BCUT2D eigenvalue weighted by molar-refractivity contribution is 0.152. The van der Waals surface area contributed by atoms with Gasteiger partial charge in [-0.05, 0) is 37.5 Å². The second-order valence-electron chi connectivity index (χ2n) is 8.76. The summed E-state index contributed by atoms with van der Waals surface area (Å²) in [6, 6.07) is 6.85. The topological polar surface area (TPSA) is 51.3 Å². The van der Waals surface area contributed by atoms with E-state index in [4.69, 9.17) is 5.73 Å². The minimum Gasteiger partial charge on any atom is -0.373 e. The third kappa shape index (κ3) is 5.94. The molecule has 0 aromatic heterocycles. The predicted molar refractivity (Wildman–Crippen MR) is 136 cm³/mol. The van der Waals surface area contributed by atoms with Crippen LogP contribution in [0.1, 0.15) is 37.0 Å². The predicted octanol–water partition coefficient (Wildman–Crippen LogP) is 3.47. The third-order valence-electron chi connectivity index (χ3n) is 6.60. The molecule has 3 rings (SSSR count). The summed E-state index contributed by atoms with van der Waals surface area (Å²) in [6.07, 6.45) is 4.93. The monoisotopic (exact) mass is 436 g/mol. The highest BCUT2D eigenvalue weighted by molar-refractivity contribution is 5.79. The van der Waals surface area contributed by atoms with Gasteiger partial charge in [-0.15, -0.1) is 0 Å². The molecule has 6 nitrogen and oxygen atoms in total. The Balaban J connectivity index is 1.59. The summed E-state index contributed by atoms with van der Waals surface area (Å²) in [5, 5.41) is 0. The van der Waals surface area contributed by atoms with E-state index in [-0.39, 0.29) is 0 Å². The first-order valence-electron chi connectivity index (χ1n) is 11.8. The maximum Gasteiger partial charge on any atom is 0.195 e. The van der Waals surface area contributed by atoms with E-state index in [0.29, 0.717) is 5.96 Å². The van der Waals surface area contributed by atoms with Gasteiger partial charge in [-0.1, -0.05) is 38.3 Å². The summed E-state index contributed by atoms with van der Waals surface area (Å²) >= 11 is 0. The van der Waals surface area contributed by atoms with Crippen LogP contribution in [-0.4, -0.2) is 77.9 Å². The number of aliphatic imine (C=N–C) groups is 1. The molecular weight excluding hydrogens is 396 g/mol. The second kappa shape index (κ2) is 11.2. The van der Waals surface area contributed by atoms with Gasteiger partial charge in [0.25, 0.3) is 0 Å². The number of aryl methyl sites for hydroxylation is 1. The van der Waals surface area contributed by atoms with Crippen molar-refractivity contribution in [2.75, 3.05) is 52.4 Å². The Morgan fingerprint density at radius 2 is 1.66 bits per heavy atom. The standard InChI is InChI=1S/C26H40N6/c1-6-8-22(4)30-13-11-29(12-14-30)20-24-10-9-21(3)25(19-24)23(5)31-15-17-32(18-16-31)26(27)28-7-2/h7-10,19H,2,5-6,11-18,20H2,1,3-4H3,(H2,27,28)/b22-8+. The highest BCUT2D eigenvalue weighted by Crippen LogP contribution is 2.25. The van der Waals surface area contributed by atoms with Gasteiger partial charge in [-0.2, -0.15) is 0 Å². The number of rotatable bonds is 7. The van der Waals surface area contributed by atoms with Crippen molar-refractivity contribution in [3.05, 3.63) is 66.0 Å². The molecule has 1 aromatic carbocycles. The molecule has 2 saturated heterocycles. The molecule has 32 heavy (non-hydrogen) atoms. The van der Waals surface area contributed by atoms with Crippen LogP contribution in [-0.2, 0) is 6.54 Å². The third-order valence-corrected chi connectivity index (χ3v) is 6.60. The van der Waals surface area contributed by atoms with E-state index in [1.165, 1.54) is 28.6 Å². The summed E-state index contributed by atoms with van der Waals surface area (Å²) in [7, 11) is 0. The molecule has 0 amide bonds. The van der Waals surface area contributed by atoms with Crippen molar-refractivity contribution in [2.45, 2.75) is 33.7 Å². The Labute approximate surface area is 194 Å². The highest BCUT2D eigenvalue weighted by atomic mass is 15.3. The lowest BCUT2D eigenvalue weighted by Crippen LogP contribution is -2.50. The maximum atomic E-state index is 6.02. The Morgan fingerprint density at radius 1 is 1.03 bits per heavy atom. The van der Waals surface area contributed by atoms with Gasteiger partial charge in [0.1, 0.15) is 0 Å². The molecule has 0 spiro atoms. The van der Waals surface area contributed by atoms with Gasteiger partial charge in [-0.3, -0.25) is 4.90 Å². The molecule has 0 saturated carbocycles. The molecule has 1 aromatic rings. The molecule has 0 aliphatic carbocycles. The van der Waals surface area contributed by atoms with E-state index in [1.54, 1.807) is 0 Å². The highest BCUT2D eigenvalue weighted by Gasteiger charge is 2.21. The molecule has 2 aliphatic rings. The quantitative estimate of drug-likeness (QED) is 0.524. The lowest BCUT2D eigenvalue weighted by Gasteiger charge is -2.38. The zero-order chi connectivity index (χ0) is 23.1. The number of hydrogen-bond donors (Lipinski definition) is 1. The molecule has 0 bridgehead atoms. The Hall–Kier alpha value is -2.73. The zero-order valence-electron chi connectivity index (χ0n) is 20.2. The molecule has 0 unspecified atom stereocenters. The van der Waals surface area contributed by atoms with Crippen molar-refractivity contribution in [2.24, 2.45) is 10.7 Å². The fourth-order valence-corrected chi connectivity index (χ4v) is 4.57. The van der Waals surface area contributed by atoms with Crippen molar-refractivity contribution in [1.82, 2.24) is 19.6 Å². The average molecular weight is 437 g/mol. The van der Waals surface area contributed by atoms with Crippen LogP contribution in [0.25, 0.3) is 5.70 Å². The van der Waals surface area contributed by atoms with E-state index in [1.807, 2.05) is 0 Å². The van der Waals surface area contributed by atoms with E-state index in [2.05, 4.69) is 82.8 Å². The van der Waals surface area contributed by atoms with Crippen LogP contribution in [0.5, 0.6) is 0 Å². The number of allylic oxidation sites excluding steroid dienone is 2. The summed E-state index contributed by atoms with van der Waals surface area (Å²) in [5.74, 6) is 0.545. The van der Waals surface area contributed by atoms with Crippen LogP contribution in [0.15, 0.2) is 54.3 Å².